The molecule has 0 bridgehead atoms. The minimum Gasteiger partial charge on any atom is -0.331 e. The van der Waals surface area contributed by atoms with Crippen LogP contribution in [0.25, 0.3) is 11.3 Å². The number of thiazole rings is 1. The van der Waals surface area contributed by atoms with Crippen LogP contribution in [-0.2, 0) is 0 Å². The fourth-order valence-corrected chi connectivity index (χ4v) is 3.89. The predicted molar refractivity (Wildman–Crippen MR) is 122 cm³/mol. The Morgan fingerprint density at radius 1 is 1.10 bits per heavy atom. The van der Waals surface area contributed by atoms with Crippen LogP contribution in [-0.4, -0.2) is 15.9 Å². The quantitative estimate of drug-likeness (QED) is 0.365. The molecule has 0 aliphatic rings. The van der Waals surface area contributed by atoms with Gasteiger partial charge in [-0.05, 0) is 55.0 Å². The van der Waals surface area contributed by atoms with E-state index in [-0.39, 0.29) is 5.91 Å². The maximum absolute atomic E-state index is 12.5. The first-order valence-corrected chi connectivity index (χ1v) is 10.6. The third kappa shape index (κ3) is 4.70. The number of amides is 1. The van der Waals surface area contributed by atoms with Crippen LogP contribution < -0.4 is 10.6 Å². The smallest absolute Gasteiger partial charge is 0.255 e. The molecule has 0 saturated heterocycles. The number of carbonyl (C=O) groups is 1. The number of nitrogens with zero attached hydrogens (tertiary/aromatic N) is 2. The van der Waals surface area contributed by atoms with Gasteiger partial charge in [-0.2, -0.15) is 0 Å². The van der Waals surface area contributed by atoms with Gasteiger partial charge >= 0.3 is 0 Å². The Morgan fingerprint density at radius 2 is 2.00 bits per heavy atom. The zero-order valence-corrected chi connectivity index (χ0v) is 17.9. The maximum Gasteiger partial charge on any atom is 0.255 e. The van der Waals surface area contributed by atoms with Crippen molar-refractivity contribution in [1.82, 2.24) is 9.97 Å². The second-order valence-corrected chi connectivity index (χ2v) is 8.17. The van der Waals surface area contributed by atoms with E-state index in [1.807, 2.05) is 54.8 Å². The first kappa shape index (κ1) is 19.3. The molecule has 29 heavy (non-hydrogen) atoms. The largest absolute Gasteiger partial charge is 0.331 e. The Balaban J connectivity index is 1.52. The molecule has 2 heterocycles. The lowest BCUT2D eigenvalue weighted by Crippen LogP contribution is -2.12. The van der Waals surface area contributed by atoms with Crippen molar-refractivity contribution in [1.29, 1.82) is 0 Å². The molecule has 0 unspecified atom stereocenters. The minimum absolute atomic E-state index is 0.158. The van der Waals surface area contributed by atoms with Gasteiger partial charge in [0.2, 0.25) is 0 Å². The first-order chi connectivity index (χ1) is 14.1. The molecule has 0 saturated carbocycles. The SMILES string of the molecule is Cc1ccc(NC(=O)c2cccc(Br)c2)cc1Nc1nc(-c2cccnc2)cs1. The number of pyridine rings is 1. The van der Waals surface area contributed by atoms with Gasteiger partial charge in [0.05, 0.1) is 5.69 Å². The third-order valence-electron chi connectivity index (χ3n) is 4.29. The lowest BCUT2D eigenvalue weighted by molar-refractivity contribution is 0.102. The number of carbonyl (C=O) groups excluding carboxylic acids is 1. The second-order valence-electron chi connectivity index (χ2n) is 6.40. The Kier molecular flexibility index (Phi) is 5.69. The van der Waals surface area contributed by atoms with Crippen molar-refractivity contribution in [3.8, 4) is 11.3 Å². The molecule has 4 aromatic rings. The van der Waals surface area contributed by atoms with Crippen molar-refractivity contribution >= 4 is 49.7 Å². The van der Waals surface area contributed by atoms with E-state index >= 15 is 0 Å². The molecular formula is C22H17BrN4OS. The molecule has 1 amide bonds. The van der Waals surface area contributed by atoms with Gasteiger partial charge in [0.25, 0.3) is 5.91 Å². The molecule has 0 radical (unpaired) electrons. The molecule has 7 heteroatoms. The van der Waals surface area contributed by atoms with Gasteiger partial charge in [-0.3, -0.25) is 9.78 Å². The highest BCUT2D eigenvalue weighted by Gasteiger charge is 2.10. The van der Waals surface area contributed by atoms with Crippen molar-refractivity contribution in [2.24, 2.45) is 0 Å². The fraction of sp³-hybridized carbons (Fsp3) is 0.0455. The van der Waals surface area contributed by atoms with Crippen LogP contribution in [0.1, 0.15) is 15.9 Å². The van der Waals surface area contributed by atoms with E-state index in [0.717, 1.165) is 32.1 Å². The van der Waals surface area contributed by atoms with Crippen LogP contribution in [0.4, 0.5) is 16.5 Å². The molecule has 0 atom stereocenters. The van der Waals surface area contributed by atoms with E-state index in [0.29, 0.717) is 11.3 Å². The van der Waals surface area contributed by atoms with E-state index in [4.69, 9.17) is 0 Å². The topological polar surface area (TPSA) is 66.9 Å². The van der Waals surface area contributed by atoms with Crippen LogP contribution >= 0.6 is 27.3 Å². The number of hydrogen-bond acceptors (Lipinski definition) is 5. The van der Waals surface area contributed by atoms with Crippen molar-refractivity contribution in [2.45, 2.75) is 6.92 Å². The van der Waals surface area contributed by atoms with E-state index in [9.17, 15) is 4.79 Å². The lowest BCUT2D eigenvalue weighted by Gasteiger charge is -2.11. The van der Waals surface area contributed by atoms with Crippen LogP contribution in [0.5, 0.6) is 0 Å². The number of aromatic nitrogens is 2. The first-order valence-electron chi connectivity index (χ1n) is 8.89. The minimum atomic E-state index is -0.158. The lowest BCUT2D eigenvalue weighted by atomic mass is 10.1. The van der Waals surface area contributed by atoms with Crippen LogP contribution in [0.2, 0.25) is 0 Å². The number of halogens is 1. The number of hydrogen-bond donors (Lipinski definition) is 2. The summed E-state index contributed by atoms with van der Waals surface area (Å²) in [6.07, 6.45) is 3.54. The summed E-state index contributed by atoms with van der Waals surface area (Å²) >= 11 is 4.92. The highest BCUT2D eigenvalue weighted by molar-refractivity contribution is 9.10. The van der Waals surface area contributed by atoms with Crippen molar-refractivity contribution in [3.63, 3.8) is 0 Å². The summed E-state index contributed by atoms with van der Waals surface area (Å²) in [5.41, 5.74) is 5.11. The average molecular weight is 465 g/mol. The van der Waals surface area contributed by atoms with Gasteiger partial charge in [0, 0.05) is 44.7 Å². The van der Waals surface area contributed by atoms with E-state index in [1.165, 1.54) is 11.3 Å². The molecule has 2 aromatic carbocycles. The Bertz CT molecular complexity index is 1160. The molecule has 0 spiro atoms. The number of aryl methyl sites for hydroxylation is 1. The number of benzene rings is 2. The highest BCUT2D eigenvalue weighted by atomic mass is 79.9. The summed E-state index contributed by atoms with van der Waals surface area (Å²) in [7, 11) is 0. The molecule has 0 aliphatic carbocycles. The second kappa shape index (κ2) is 8.55. The van der Waals surface area contributed by atoms with Crippen molar-refractivity contribution in [2.75, 3.05) is 10.6 Å². The monoisotopic (exact) mass is 464 g/mol. The fourth-order valence-electron chi connectivity index (χ4n) is 2.76. The summed E-state index contributed by atoms with van der Waals surface area (Å²) in [4.78, 5) is 21.3. The number of anilines is 3. The van der Waals surface area contributed by atoms with Crippen molar-refractivity contribution in [3.05, 3.63) is 88.0 Å². The number of rotatable bonds is 5. The molecule has 4 rings (SSSR count). The summed E-state index contributed by atoms with van der Waals surface area (Å²) in [5.74, 6) is -0.158. The normalized spacial score (nSPS) is 10.6. The zero-order valence-electron chi connectivity index (χ0n) is 15.5. The van der Waals surface area contributed by atoms with Crippen molar-refractivity contribution < 1.29 is 4.79 Å². The Labute approximate surface area is 181 Å². The summed E-state index contributed by atoms with van der Waals surface area (Å²) in [5, 5.41) is 9.07. The predicted octanol–water partition coefficient (Wildman–Crippen LogP) is 6.27. The van der Waals surface area contributed by atoms with E-state index < -0.39 is 0 Å². The molecule has 2 N–H and O–H groups in total. The maximum atomic E-state index is 12.5. The van der Waals surface area contributed by atoms with Gasteiger partial charge in [0.15, 0.2) is 5.13 Å². The summed E-state index contributed by atoms with van der Waals surface area (Å²) < 4.78 is 0.865. The van der Waals surface area contributed by atoms with Gasteiger partial charge in [-0.1, -0.05) is 28.1 Å². The third-order valence-corrected chi connectivity index (χ3v) is 5.54. The van der Waals surface area contributed by atoms with Gasteiger partial charge in [-0.25, -0.2) is 4.98 Å². The molecule has 5 nitrogen and oxygen atoms in total. The Morgan fingerprint density at radius 3 is 2.79 bits per heavy atom. The van der Waals surface area contributed by atoms with E-state index in [1.54, 1.807) is 24.5 Å². The molecule has 144 valence electrons. The van der Waals surface area contributed by atoms with Crippen LogP contribution in [0.3, 0.4) is 0 Å². The average Bonchev–Trinajstić information content (AvgIpc) is 3.20. The zero-order chi connectivity index (χ0) is 20.2. The van der Waals surface area contributed by atoms with Crippen LogP contribution in [0, 0.1) is 6.92 Å². The molecule has 0 aliphatic heterocycles. The highest BCUT2D eigenvalue weighted by Crippen LogP contribution is 2.29. The van der Waals surface area contributed by atoms with Crippen LogP contribution in [0.15, 0.2) is 76.8 Å². The molecule has 0 fully saturated rings. The summed E-state index contributed by atoms with van der Waals surface area (Å²) in [6.45, 7) is 2.01. The van der Waals surface area contributed by atoms with Gasteiger partial charge in [-0.15, -0.1) is 11.3 Å². The van der Waals surface area contributed by atoms with E-state index in [2.05, 4.69) is 36.5 Å². The van der Waals surface area contributed by atoms with Gasteiger partial charge in [0.1, 0.15) is 0 Å². The summed E-state index contributed by atoms with van der Waals surface area (Å²) in [6, 6.07) is 16.9. The Hall–Kier alpha value is -3.03. The standard InChI is InChI=1S/C22H17BrN4OS/c1-14-7-8-18(25-21(28)15-4-2-6-17(23)10-15)11-19(14)26-22-27-20(13-29-22)16-5-3-9-24-12-16/h2-13H,1H3,(H,25,28)(H,26,27). The molecular weight excluding hydrogens is 448 g/mol. The number of nitrogens with one attached hydrogen (secondary N) is 2. The van der Waals surface area contributed by atoms with Gasteiger partial charge < -0.3 is 10.6 Å². The molecule has 2 aromatic heterocycles.